The number of hydrogen-bond donors (Lipinski definition) is 1. The van der Waals surface area contributed by atoms with Gasteiger partial charge in [-0.3, -0.25) is 9.78 Å². The number of nitrogens with zero attached hydrogens (tertiary/aromatic N) is 2. The number of nitrogens with one attached hydrogen (secondary N) is 1. The lowest BCUT2D eigenvalue weighted by Crippen LogP contribution is -2.31. The summed E-state index contributed by atoms with van der Waals surface area (Å²) < 4.78 is 18.0. The molecule has 1 aliphatic rings. The van der Waals surface area contributed by atoms with Crippen molar-refractivity contribution in [1.82, 2.24) is 14.9 Å². The molecule has 122 valence electrons. The fourth-order valence-electron chi connectivity index (χ4n) is 3.15. The Morgan fingerprint density at radius 3 is 2.83 bits per heavy atom. The van der Waals surface area contributed by atoms with Crippen LogP contribution < -0.4 is 5.76 Å². The van der Waals surface area contributed by atoms with Crippen LogP contribution in [0.15, 0.2) is 45.6 Å². The number of carbonyl (C=O) groups excluding carboxylic acids is 1. The Morgan fingerprint density at radius 1 is 1.25 bits per heavy atom. The Kier molecular flexibility index (Phi) is 3.41. The summed E-state index contributed by atoms with van der Waals surface area (Å²) >= 11 is 0. The second-order valence-corrected chi connectivity index (χ2v) is 5.77. The summed E-state index contributed by atoms with van der Waals surface area (Å²) in [6, 6.07) is 9.20. The number of rotatable bonds is 2. The summed E-state index contributed by atoms with van der Waals surface area (Å²) in [5.41, 5.74) is 1.71. The number of H-pyrrole nitrogens is 1. The van der Waals surface area contributed by atoms with Gasteiger partial charge in [-0.1, -0.05) is 12.1 Å². The van der Waals surface area contributed by atoms with Gasteiger partial charge in [0.15, 0.2) is 11.2 Å². The first-order valence-corrected chi connectivity index (χ1v) is 7.68. The third-order valence-electron chi connectivity index (χ3n) is 4.27. The van der Waals surface area contributed by atoms with E-state index in [-0.39, 0.29) is 29.1 Å². The van der Waals surface area contributed by atoms with Gasteiger partial charge in [0.2, 0.25) is 0 Å². The summed E-state index contributed by atoms with van der Waals surface area (Å²) in [5, 5.41) is 0. The number of oxazole rings is 1. The molecular formula is C17H14FN3O3. The molecule has 1 saturated heterocycles. The minimum Gasteiger partial charge on any atom is -0.406 e. The fraction of sp³-hybridized carbons (Fsp3) is 0.235. The number of amides is 1. The molecule has 0 radical (unpaired) electrons. The van der Waals surface area contributed by atoms with Crippen molar-refractivity contribution in [3.05, 3.63) is 64.0 Å². The first-order chi connectivity index (χ1) is 11.6. The van der Waals surface area contributed by atoms with Crippen LogP contribution in [0.3, 0.4) is 0 Å². The van der Waals surface area contributed by atoms with Crippen molar-refractivity contribution in [2.45, 2.75) is 18.9 Å². The Balaban J connectivity index is 1.66. The molecule has 1 fully saturated rings. The number of fused-ring (bicyclic) bond motifs is 1. The zero-order valence-electron chi connectivity index (χ0n) is 12.7. The molecule has 2 aromatic heterocycles. The van der Waals surface area contributed by atoms with Gasteiger partial charge < -0.3 is 9.32 Å². The average Bonchev–Trinajstić information content (AvgIpc) is 3.19. The van der Waals surface area contributed by atoms with E-state index < -0.39 is 5.76 Å². The number of likely N-dealkylation sites (tertiary alicyclic amines) is 1. The molecule has 7 heteroatoms. The minimum absolute atomic E-state index is 0.0982. The Bertz CT molecular complexity index is 961. The van der Waals surface area contributed by atoms with E-state index in [0.29, 0.717) is 12.1 Å². The molecule has 0 aliphatic carbocycles. The van der Waals surface area contributed by atoms with E-state index in [1.165, 1.54) is 12.1 Å². The smallest absolute Gasteiger partial charge is 0.406 e. The molecule has 0 bridgehead atoms. The second-order valence-electron chi connectivity index (χ2n) is 5.77. The van der Waals surface area contributed by atoms with Crippen LogP contribution in [0.5, 0.6) is 0 Å². The van der Waals surface area contributed by atoms with E-state index in [1.54, 1.807) is 29.2 Å². The number of aromatic amines is 1. The highest BCUT2D eigenvalue weighted by atomic mass is 19.1. The molecule has 1 N–H and O–H groups in total. The lowest BCUT2D eigenvalue weighted by molar-refractivity contribution is 0.0730. The van der Waals surface area contributed by atoms with Crippen molar-refractivity contribution in [1.29, 1.82) is 0 Å². The van der Waals surface area contributed by atoms with Crippen LogP contribution >= 0.6 is 0 Å². The topological polar surface area (TPSA) is 79.2 Å². The third kappa shape index (κ3) is 2.47. The van der Waals surface area contributed by atoms with E-state index in [0.717, 1.165) is 18.4 Å². The van der Waals surface area contributed by atoms with E-state index in [9.17, 15) is 14.0 Å². The predicted molar refractivity (Wildman–Crippen MR) is 84.0 cm³/mol. The van der Waals surface area contributed by atoms with Crippen LogP contribution in [0.25, 0.3) is 11.2 Å². The molecule has 1 unspecified atom stereocenters. The van der Waals surface area contributed by atoms with Gasteiger partial charge in [0.25, 0.3) is 5.91 Å². The number of pyridine rings is 1. The third-order valence-corrected chi connectivity index (χ3v) is 4.27. The van der Waals surface area contributed by atoms with Crippen molar-refractivity contribution < 1.29 is 13.6 Å². The lowest BCUT2D eigenvalue weighted by Gasteiger charge is -2.24. The Hall–Kier alpha value is -2.96. The van der Waals surface area contributed by atoms with Gasteiger partial charge in [-0.15, -0.1) is 0 Å². The van der Waals surface area contributed by atoms with E-state index in [1.807, 2.05) is 0 Å². The molecular weight excluding hydrogens is 313 g/mol. The highest BCUT2D eigenvalue weighted by Gasteiger charge is 2.31. The van der Waals surface area contributed by atoms with Crippen LogP contribution in [0, 0.1) is 5.82 Å². The van der Waals surface area contributed by atoms with Gasteiger partial charge >= 0.3 is 5.76 Å². The molecule has 1 atom stereocenters. The summed E-state index contributed by atoms with van der Waals surface area (Å²) in [5.74, 6) is -1.12. The maximum atomic E-state index is 13.1. The van der Waals surface area contributed by atoms with Crippen LogP contribution in [0.1, 0.15) is 34.9 Å². The first kappa shape index (κ1) is 14.6. The van der Waals surface area contributed by atoms with Gasteiger partial charge in [-0.2, -0.15) is 0 Å². The monoisotopic (exact) mass is 327 g/mol. The quantitative estimate of drug-likeness (QED) is 0.785. The maximum Gasteiger partial charge on any atom is 0.418 e. The van der Waals surface area contributed by atoms with Crippen LogP contribution in [0.2, 0.25) is 0 Å². The summed E-state index contributed by atoms with van der Waals surface area (Å²) in [6.07, 6.45) is 1.70. The first-order valence-electron chi connectivity index (χ1n) is 7.68. The second kappa shape index (κ2) is 5.59. The maximum absolute atomic E-state index is 13.1. The standard InChI is InChI=1S/C17H14FN3O3/c18-11-5-3-10(4-6-11)13-2-1-9-21(13)16(22)12-7-8-14-15(19-12)20-17(23)24-14/h3-8,13H,1-2,9H2,(H,19,20,23). The molecule has 24 heavy (non-hydrogen) atoms. The number of aromatic nitrogens is 2. The fourth-order valence-corrected chi connectivity index (χ4v) is 3.15. The van der Waals surface area contributed by atoms with Gasteiger partial charge in [-0.05, 0) is 42.7 Å². The highest BCUT2D eigenvalue weighted by molar-refractivity contribution is 5.94. The lowest BCUT2D eigenvalue weighted by atomic mass is 10.0. The average molecular weight is 327 g/mol. The molecule has 0 spiro atoms. The summed E-state index contributed by atoms with van der Waals surface area (Å²) in [6.45, 7) is 0.614. The molecule has 3 aromatic rings. The zero-order chi connectivity index (χ0) is 16.7. The minimum atomic E-state index is -0.604. The van der Waals surface area contributed by atoms with Gasteiger partial charge in [0.05, 0.1) is 6.04 Å². The van der Waals surface area contributed by atoms with Crippen LogP contribution in [0.4, 0.5) is 4.39 Å². The van der Waals surface area contributed by atoms with Gasteiger partial charge in [-0.25, -0.2) is 14.2 Å². The molecule has 1 aromatic carbocycles. The van der Waals surface area contributed by atoms with Crippen molar-refractivity contribution in [2.75, 3.05) is 6.54 Å². The molecule has 4 rings (SSSR count). The van der Waals surface area contributed by atoms with Gasteiger partial charge in [0, 0.05) is 6.54 Å². The number of halogens is 1. The normalized spacial score (nSPS) is 17.5. The predicted octanol–water partition coefficient (Wildman–Crippen LogP) is 2.63. The number of carbonyl (C=O) groups is 1. The van der Waals surface area contributed by atoms with Crippen molar-refractivity contribution in [3.8, 4) is 0 Å². The zero-order valence-corrected chi connectivity index (χ0v) is 12.7. The number of hydrogen-bond acceptors (Lipinski definition) is 4. The molecule has 1 amide bonds. The largest absolute Gasteiger partial charge is 0.418 e. The SMILES string of the molecule is O=C(c1ccc2oc(=O)[nH]c2n1)N1CCCC1c1ccc(F)cc1. The summed E-state index contributed by atoms with van der Waals surface area (Å²) in [4.78, 5) is 32.4. The van der Waals surface area contributed by atoms with Gasteiger partial charge in [0.1, 0.15) is 11.5 Å². The Labute approximate surface area is 135 Å². The number of benzene rings is 1. The molecule has 1 aliphatic heterocycles. The Morgan fingerprint density at radius 2 is 2.04 bits per heavy atom. The van der Waals surface area contributed by atoms with Crippen molar-refractivity contribution in [3.63, 3.8) is 0 Å². The molecule has 3 heterocycles. The molecule has 6 nitrogen and oxygen atoms in total. The van der Waals surface area contributed by atoms with E-state index in [4.69, 9.17) is 4.42 Å². The molecule has 0 saturated carbocycles. The summed E-state index contributed by atoms with van der Waals surface area (Å²) in [7, 11) is 0. The van der Waals surface area contributed by atoms with E-state index >= 15 is 0 Å². The van der Waals surface area contributed by atoms with E-state index in [2.05, 4.69) is 9.97 Å². The van der Waals surface area contributed by atoms with Crippen molar-refractivity contribution >= 4 is 17.1 Å². The van der Waals surface area contributed by atoms with Crippen LogP contribution in [-0.2, 0) is 0 Å². The highest BCUT2D eigenvalue weighted by Crippen LogP contribution is 2.33. The van der Waals surface area contributed by atoms with Crippen molar-refractivity contribution in [2.24, 2.45) is 0 Å². The van der Waals surface area contributed by atoms with Crippen LogP contribution in [-0.4, -0.2) is 27.3 Å².